The molecule has 50 heavy (non-hydrogen) atoms. The summed E-state index contributed by atoms with van der Waals surface area (Å²) in [6, 6.07) is 24.8. The minimum atomic E-state index is -2.66. The quantitative estimate of drug-likeness (QED) is 0.143. The number of ether oxygens (including phenoxy) is 3. The van der Waals surface area contributed by atoms with Crippen molar-refractivity contribution in [2.75, 3.05) is 27.4 Å². The van der Waals surface area contributed by atoms with E-state index in [9.17, 15) is 9.90 Å². The molecule has 0 bridgehead atoms. The van der Waals surface area contributed by atoms with Crippen LogP contribution in [0.1, 0.15) is 91.8 Å². The van der Waals surface area contributed by atoms with Crippen LogP contribution >= 0.6 is 0 Å². The molecule has 2 atom stereocenters. The molecule has 1 N–H and O–H groups in total. The van der Waals surface area contributed by atoms with Crippen LogP contribution in [-0.2, 0) is 15.6 Å². The van der Waals surface area contributed by atoms with E-state index in [0.29, 0.717) is 37.5 Å². The van der Waals surface area contributed by atoms with Gasteiger partial charge in [0.1, 0.15) is 5.60 Å². The molecule has 7 nitrogen and oxygen atoms in total. The Bertz CT molecular complexity index is 1550. The summed E-state index contributed by atoms with van der Waals surface area (Å²) in [5.74, 6) is 1.22. The van der Waals surface area contributed by atoms with E-state index in [1.807, 2.05) is 32.9 Å². The van der Waals surface area contributed by atoms with E-state index >= 15 is 0 Å². The van der Waals surface area contributed by atoms with Crippen molar-refractivity contribution in [3.05, 3.63) is 96.1 Å². The first-order valence-electron chi connectivity index (χ1n) is 17.8. The molecule has 0 aliphatic carbocycles. The Morgan fingerprint density at radius 2 is 1.44 bits per heavy atom. The van der Waals surface area contributed by atoms with Gasteiger partial charge in [-0.15, -0.1) is 0 Å². The first kappa shape index (κ1) is 39.2. The minimum Gasteiger partial charge on any atom is -0.493 e. The molecule has 1 aliphatic heterocycles. The summed E-state index contributed by atoms with van der Waals surface area (Å²) >= 11 is 0. The highest BCUT2D eigenvalue weighted by Crippen LogP contribution is 2.42. The van der Waals surface area contributed by atoms with Crippen LogP contribution in [0, 0.1) is 5.41 Å². The number of fused-ring (bicyclic) bond motifs is 1. The second kappa shape index (κ2) is 15.7. The summed E-state index contributed by atoms with van der Waals surface area (Å²) < 4.78 is 24.2. The topological polar surface area (TPSA) is 77.5 Å². The molecule has 8 heteroatoms. The van der Waals surface area contributed by atoms with Gasteiger partial charge in [-0.3, -0.25) is 0 Å². The van der Waals surface area contributed by atoms with Crippen LogP contribution in [0.4, 0.5) is 4.79 Å². The van der Waals surface area contributed by atoms with Gasteiger partial charge in [0, 0.05) is 19.6 Å². The molecule has 0 spiro atoms. The van der Waals surface area contributed by atoms with Crippen molar-refractivity contribution >= 4 is 24.8 Å². The van der Waals surface area contributed by atoms with Crippen molar-refractivity contribution < 1.29 is 28.5 Å². The van der Waals surface area contributed by atoms with E-state index in [-0.39, 0.29) is 16.9 Å². The van der Waals surface area contributed by atoms with Crippen molar-refractivity contribution in [3.8, 4) is 11.5 Å². The molecule has 0 radical (unpaired) electrons. The maximum atomic E-state index is 13.5. The van der Waals surface area contributed by atoms with Crippen LogP contribution in [-0.4, -0.2) is 63.5 Å². The Kier molecular flexibility index (Phi) is 12.3. The van der Waals surface area contributed by atoms with Gasteiger partial charge >= 0.3 is 6.09 Å². The maximum Gasteiger partial charge on any atom is 0.410 e. The molecule has 3 aromatic carbocycles. The summed E-state index contributed by atoms with van der Waals surface area (Å²) in [7, 11) is 0.554. The third kappa shape index (κ3) is 9.00. The van der Waals surface area contributed by atoms with Gasteiger partial charge < -0.3 is 28.6 Å². The SMILES string of the molecule is C=C(CC(C)(C)CCO[Si](c1ccccc1)(c1ccccc1)C(C)(C)C)C(O)C[C@@H]1c2cc(OC)c(OC)cc2CCN1C(=O)OC(C)(C)C. The first-order chi connectivity index (χ1) is 23.4. The molecular formula is C42H59NO6Si. The second-order valence-electron chi connectivity index (χ2n) is 16.4. The lowest BCUT2D eigenvalue weighted by atomic mass is 9.80. The van der Waals surface area contributed by atoms with Crippen LogP contribution in [0.2, 0.25) is 5.04 Å². The fourth-order valence-corrected chi connectivity index (χ4v) is 11.8. The number of nitrogens with zero attached hydrogens (tertiary/aromatic N) is 1. The lowest BCUT2D eigenvalue weighted by Crippen LogP contribution is -2.66. The highest BCUT2D eigenvalue weighted by Gasteiger charge is 2.50. The molecule has 1 aliphatic rings. The normalized spacial score (nSPS) is 16.0. The van der Waals surface area contributed by atoms with Crippen molar-refractivity contribution in [1.82, 2.24) is 4.90 Å². The summed E-state index contributed by atoms with van der Waals surface area (Å²) in [6.45, 7) is 22.3. The molecule has 3 aromatic rings. The van der Waals surface area contributed by atoms with Gasteiger partial charge in [-0.1, -0.05) is 102 Å². The molecule has 0 fully saturated rings. The largest absolute Gasteiger partial charge is 0.493 e. The Hall–Kier alpha value is -3.59. The molecule has 0 saturated heterocycles. The van der Waals surface area contributed by atoms with Gasteiger partial charge in [0.25, 0.3) is 8.32 Å². The summed E-state index contributed by atoms with van der Waals surface area (Å²) in [5, 5.41) is 14.1. The van der Waals surface area contributed by atoms with Crippen molar-refractivity contribution in [1.29, 1.82) is 0 Å². The first-order valence-corrected chi connectivity index (χ1v) is 19.7. The number of benzene rings is 3. The lowest BCUT2D eigenvalue weighted by molar-refractivity contribution is 0.00877. The van der Waals surface area contributed by atoms with E-state index in [2.05, 4.69) is 102 Å². The highest BCUT2D eigenvalue weighted by atomic mass is 28.4. The smallest absolute Gasteiger partial charge is 0.410 e. The number of hydrogen-bond acceptors (Lipinski definition) is 6. The average molecular weight is 702 g/mol. The van der Waals surface area contributed by atoms with Crippen molar-refractivity contribution in [2.45, 2.75) is 104 Å². The number of amides is 1. The Morgan fingerprint density at radius 1 is 0.900 bits per heavy atom. The van der Waals surface area contributed by atoms with E-state index < -0.39 is 32.2 Å². The third-order valence-electron chi connectivity index (χ3n) is 9.77. The van der Waals surface area contributed by atoms with Crippen LogP contribution in [0.3, 0.4) is 0 Å². The zero-order chi connectivity index (χ0) is 36.9. The standard InChI is InChI=1S/C42H59NO6Si/c1-30(29-42(8,9)23-25-48-50(41(5,6)7,32-18-14-12-15-19-32)33-20-16-13-17-21-33)36(44)28-35-34-27-38(47-11)37(46-10)26-31(34)22-24-43(35)39(45)49-40(2,3)4/h12-21,26-27,35-36,44H,1,22-25,28-29H2,2-11H3/t35-,36?/m1/s1. The van der Waals surface area contributed by atoms with Gasteiger partial charge in [-0.05, 0) is 89.7 Å². The van der Waals surface area contributed by atoms with Crippen LogP contribution in [0.15, 0.2) is 84.9 Å². The Labute approximate surface area is 301 Å². The zero-order valence-electron chi connectivity index (χ0n) is 32.0. The minimum absolute atomic E-state index is 0.108. The number of methoxy groups -OCH3 is 2. The third-order valence-corrected chi connectivity index (χ3v) is 14.8. The van der Waals surface area contributed by atoms with E-state index in [1.54, 1.807) is 19.1 Å². The van der Waals surface area contributed by atoms with E-state index in [4.69, 9.17) is 18.6 Å². The van der Waals surface area contributed by atoms with Gasteiger partial charge in [-0.25, -0.2) is 4.79 Å². The van der Waals surface area contributed by atoms with Crippen molar-refractivity contribution in [3.63, 3.8) is 0 Å². The summed E-state index contributed by atoms with van der Waals surface area (Å²) in [6.07, 6.45) is 1.07. The molecule has 1 unspecified atom stereocenters. The molecule has 1 amide bonds. The second-order valence-corrected chi connectivity index (χ2v) is 20.7. The fraction of sp³-hybridized carbons (Fsp3) is 0.500. The van der Waals surface area contributed by atoms with E-state index in [1.165, 1.54) is 10.4 Å². The lowest BCUT2D eigenvalue weighted by Gasteiger charge is -2.43. The monoisotopic (exact) mass is 701 g/mol. The number of aliphatic hydroxyl groups is 1. The van der Waals surface area contributed by atoms with Gasteiger partial charge in [0.05, 0.1) is 26.4 Å². The Balaban J connectivity index is 1.53. The average Bonchev–Trinajstić information content (AvgIpc) is 3.05. The number of hydrogen-bond donors (Lipinski definition) is 1. The van der Waals surface area contributed by atoms with Gasteiger partial charge in [0.2, 0.25) is 0 Å². The maximum absolute atomic E-state index is 13.5. The molecule has 0 saturated carbocycles. The van der Waals surface area contributed by atoms with Gasteiger partial charge in [0.15, 0.2) is 11.5 Å². The molecular weight excluding hydrogens is 643 g/mol. The number of carbonyl (C=O) groups is 1. The van der Waals surface area contributed by atoms with Crippen LogP contribution in [0.5, 0.6) is 11.5 Å². The summed E-state index contributed by atoms with van der Waals surface area (Å²) in [5.41, 5.74) is 1.87. The number of carbonyl (C=O) groups excluding carboxylic acids is 1. The molecule has 4 rings (SSSR count). The predicted molar refractivity (Wildman–Crippen MR) is 205 cm³/mol. The van der Waals surface area contributed by atoms with Crippen LogP contribution < -0.4 is 19.8 Å². The fourth-order valence-electron chi connectivity index (χ4n) is 7.26. The highest BCUT2D eigenvalue weighted by molar-refractivity contribution is 6.99. The number of rotatable bonds is 13. The van der Waals surface area contributed by atoms with E-state index in [0.717, 1.165) is 23.1 Å². The zero-order valence-corrected chi connectivity index (χ0v) is 33.0. The van der Waals surface area contributed by atoms with Gasteiger partial charge in [-0.2, -0.15) is 0 Å². The summed E-state index contributed by atoms with van der Waals surface area (Å²) in [4.78, 5) is 15.2. The molecule has 272 valence electrons. The van der Waals surface area contributed by atoms with Crippen molar-refractivity contribution in [2.24, 2.45) is 5.41 Å². The predicted octanol–water partition coefficient (Wildman–Crippen LogP) is 8.23. The number of aliphatic hydroxyl groups excluding tert-OH is 1. The van der Waals surface area contributed by atoms with Crippen LogP contribution in [0.25, 0.3) is 0 Å². The molecule has 0 aromatic heterocycles. The Morgan fingerprint density at radius 3 is 1.94 bits per heavy atom. The molecule has 1 heterocycles.